The van der Waals surface area contributed by atoms with E-state index in [9.17, 15) is 29.6 Å². The Kier molecular flexibility index (Phi) is 10.2. The van der Waals surface area contributed by atoms with Crippen molar-refractivity contribution in [3.05, 3.63) is 85.9 Å². The monoisotopic (exact) mass is 582 g/mol. The number of nitro groups is 1. The number of nitrogens with one attached hydrogen (secondary N) is 1. The number of carbonyl (C=O) groups excluding carboxylic acids is 3. The van der Waals surface area contributed by atoms with E-state index < -0.39 is 34.2 Å². The summed E-state index contributed by atoms with van der Waals surface area (Å²) in [5.74, 6) is -2.43. The van der Waals surface area contributed by atoms with E-state index in [0.29, 0.717) is 11.4 Å². The Morgan fingerprint density at radius 3 is 2.17 bits per heavy atom. The van der Waals surface area contributed by atoms with Gasteiger partial charge in [0.25, 0.3) is 11.6 Å². The quantitative estimate of drug-likeness (QED) is 0.0687. The molecule has 0 aliphatic rings. The first-order chi connectivity index (χ1) is 19.6. The van der Waals surface area contributed by atoms with Crippen LogP contribution >= 0.6 is 11.3 Å². The van der Waals surface area contributed by atoms with Crippen LogP contribution in [0.25, 0.3) is 5.76 Å². The van der Waals surface area contributed by atoms with E-state index in [1.807, 2.05) is 0 Å². The first kappa shape index (κ1) is 30.4. The highest BCUT2D eigenvalue weighted by atomic mass is 32.1. The number of azo groups is 1. The molecule has 0 unspecified atom stereocenters. The lowest BCUT2D eigenvalue weighted by atomic mass is 10.1. The summed E-state index contributed by atoms with van der Waals surface area (Å²) < 4.78 is 15.3. The van der Waals surface area contributed by atoms with Gasteiger partial charge in [-0.15, -0.1) is 21.6 Å². The molecule has 0 atom stereocenters. The van der Waals surface area contributed by atoms with Crippen LogP contribution in [0.2, 0.25) is 0 Å². The second kappa shape index (κ2) is 13.8. The van der Waals surface area contributed by atoms with E-state index in [0.717, 1.165) is 23.5 Å². The average molecular weight is 583 g/mol. The first-order valence-electron chi connectivity index (χ1n) is 12.1. The van der Waals surface area contributed by atoms with E-state index in [4.69, 9.17) is 14.2 Å². The van der Waals surface area contributed by atoms with Gasteiger partial charge >= 0.3 is 11.9 Å². The molecule has 3 rings (SSSR count). The number of hydrogen-bond donors (Lipinski definition) is 2. The summed E-state index contributed by atoms with van der Waals surface area (Å²) in [5, 5.41) is 32.6. The van der Waals surface area contributed by atoms with Crippen molar-refractivity contribution in [2.24, 2.45) is 10.2 Å². The van der Waals surface area contributed by atoms with Crippen molar-refractivity contribution in [2.75, 3.05) is 25.6 Å². The SMILES string of the molecule is CCOC(=O)c1sc(N=NC(C(=O)Nc2ccc(OC)cc2)=C(O)c2ccc([N+](=O)[O-])cc2)c(C(=O)OCC)c1C. The summed E-state index contributed by atoms with van der Waals surface area (Å²) in [4.78, 5) is 49.0. The van der Waals surface area contributed by atoms with Crippen molar-refractivity contribution >= 4 is 51.3 Å². The van der Waals surface area contributed by atoms with E-state index in [-0.39, 0.29) is 45.5 Å². The van der Waals surface area contributed by atoms with Crippen molar-refractivity contribution in [3.8, 4) is 5.75 Å². The zero-order valence-corrected chi connectivity index (χ0v) is 23.3. The summed E-state index contributed by atoms with van der Waals surface area (Å²) in [5.41, 5.74) is -0.222. The minimum Gasteiger partial charge on any atom is -0.505 e. The number of carbonyl (C=O) groups is 3. The summed E-state index contributed by atoms with van der Waals surface area (Å²) in [6.07, 6.45) is 0. The second-order valence-corrected chi connectivity index (χ2v) is 9.06. The van der Waals surface area contributed by atoms with Crippen LogP contribution in [0, 0.1) is 17.0 Å². The zero-order valence-electron chi connectivity index (χ0n) is 22.5. The Morgan fingerprint density at radius 2 is 1.61 bits per heavy atom. The van der Waals surface area contributed by atoms with Gasteiger partial charge in [0.2, 0.25) is 0 Å². The van der Waals surface area contributed by atoms with Crippen molar-refractivity contribution in [3.63, 3.8) is 0 Å². The van der Waals surface area contributed by atoms with Crippen LogP contribution in [0.3, 0.4) is 0 Å². The molecule has 13 nitrogen and oxygen atoms in total. The molecule has 2 aromatic carbocycles. The molecule has 1 amide bonds. The third-order valence-electron chi connectivity index (χ3n) is 5.45. The summed E-state index contributed by atoms with van der Waals surface area (Å²) >= 11 is 0.802. The number of thiophene rings is 1. The number of methoxy groups -OCH3 is 1. The van der Waals surface area contributed by atoms with Crippen molar-refractivity contribution < 1.29 is 38.6 Å². The smallest absolute Gasteiger partial charge is 0.348 e. The predicted octanol–water partition coefficient (Wildman–Crippen LogP) is 5.98. The van der Waals surface area contributed by atoms with Gasteiger partial charge in [0.1, 0.15) is 16.2 Å². The van der Waals surface area contributed by atoms with Gasteiger partial charge in [-0.05, 0) is 62.7 Å². The molecule has 0 saturated heterocycles. The molecule has 0 saturated carbocycles. The normalized spacial score (nSPS) is 11.5. The third-order valence-corrected chi connectivity index (χ3v) is 6.60. The van der Waals surface area contributed by atoms with E-state index >= 15 is 0 Å². The number of esters is 2. The number of benzene rings is 2. The van der Waals surface area contributed by atoms with Crippen LogP contribution in [0.15, 0.2) is 64.5 Å². The van der Waals surface area contributed by atoms with Crippen molar-refractivity contribution in [2.45, 2.75) is 20.8 Å². The van der Waals surface area contributed by atoms with Crippen molar-refractivity contribution in [1.82, 2.24) is 0 Å². The largest absolute Gasteiger partial charge is 0.505 e. The minimum atomic E-state index is -0.883. The van der Waals surface area contributed by atoms with Gasteiger partial charge in [0.05, 0.1) is 25.2 Å². The lowest BCUT2D eigenvalue weighted by Crippen LogP contribution is -2.15. The number of aliphatic hydroxyl groups is 1. The van der Waals surface area contributed by atoms with Gasteiger partial charge in [-0.25, -0.2) is 9.59 Å². The van der Waals surface area contributed by atoms with E-state index in [1.54, 1.807) is 38.1 Å². The molecule has 2 N–H and O–H groups in total. The molecular weight excluding hydrogens is 556 g/mol. The fourth-order valence-corrected chi connectivity index (χ4v) is 4.45. The summed E-state index contributed by atoms with van der Waals surface area (Å²) in [6, 6.07) is 11.1. The molecule has 3 aromatic rings. The number of anilines is 1. The number of nitrogens with zero attached hydrogens (tertiary/aromatic N) is 3. The van der Waals surface area contributed by atoms with Crippen LogP contribution in [-0.4, -0.2) is 48.2 Å². The van der Waals surface area contributed by atoms with Gasteiger partial charge in [0, 0.05) is 23.4 Å². The van der Waals surface area contributed by atoms with Gasteiger partial charge in [-0.3, -0.25) is 14.9 Å². The van der Waals surface area contributed by atoms with Gasteiger partial charge in [0.15, 0.2) is 16.5 Å². The Hall–Kier alpha value is -5.11. The third kappa shape index (κ3) is 7.30. The van der Waals surface area contributed by atoms with Gasteiger partial charge < -0.3 is 24.6 Å². The van der Waals surface area contributed by atoms with E-state index in [2.05, 4.69) is 15.5 Å². The van der Waals surface area contributed by atoms with Crippen LogP contribution in [0.1, 0.15) is 45.0 Å². The molecule has 0 bridgehead atoms. The molecule has 41 heavy (non-hydrogen) atoms. The molecule has 1 aromatic heterocycles. The van der Waals surface area contributed by atoms with Crippen LogP contribution in [-0.2, 0) is 14.3 Å². The topological polar surface area (TPSA) is 179 Å². The number of non-ortho nitro benzene ring substituents is 1. The van der Waals surface area contributed by atoms with Gasteiger partial charge in [-0.2, -0.15) is 0 Å². The number of ether oxygens (including phenoxy) is 3. The van der Waals surface area contributed by atoms with Crippen LogP contribution in [0.5, 0.6) is 5.75 Å². The first-order valence-corrected chi connectivity index (χ1v) is 13.0. The van der Waals surface area contributed by atoms with Crippen LogP contribution < -0.4 is 10.1 Å². The lowest BCUT2D eigenvalue weighted by molar-refractivity contribution is -0.384. The Bertz CT molecular complexity index is 1510. The molecule has 0 fully saturated rings. The number of nitro benzene ring substituents is 1. The highest BCUT2D eigenvalue weighted by Gasteiger charge is 2.27. The highest BCUT2D eigenvalue weighted by molar-refractivity contribution is 7.18. The Balaban J connectivity index is 2.12. The fourth-order valence-electron chi connectivity index (χ4n) is 3.44. The molecule has 214 valence electrons. The molecule has 14 heteroatoms. The number of aliphatic hydroxyl groups excluding tert-OH is 1. The Morgan fingerprint density at radius 1 is 1.00 bits per heavy atom. The van der Waals surface area contributed by atoms with E-state index in [1.165, 1.54) is 26.2 Å². The molecule has 0 spiro atoms. The zero-order chi connectivity index (χ0) is 30.1. The predicted molar refractivity (Wildman–Crippen MR) is 150 cm³/mol. The number of hydrogen-bond acceptors (Lipinski definition) is 12. The number of rotatable bonds is 11. The maximum Gasteiger partial charge on any atom is 0.348 e. The maximum absolute atomic E-state index is 13.3. The second-order valence-electron chi connectivity index (χ2n) is 8.06. The molecule has 1 heterocycles. The van der Waals surface area contributed by atoms with Crippen LogP contribution in [0.4, 0.5) is 16.4 Å². The fraction of sp³-hybridized carbons (Fsp3) is 0.222. The summed E-state index contributed by atoms with van der Waals surface area (Å²) in [7, 11) is 1.49. The molecule has 0 aliphatic carbocycles. The molecule has 0 radical (unpaired) electrons. The standard InChI is InChI=1S/C27H26N4O9S/c1-5-39-26(34)20-15(3)23(27(35)40-6-2)41-25(20)30-29-21(22(32)16-7-11-18(12-8-16)31(36)37)24(33)28-17-9-13-19(38-4)14-10-17/h7-14,32H,5-6H2,1-4H3,(H,28,33). The molecule has 0 aliphatic heterocycles. The Labute approximate surface area is 238 Å². The van der Waals surface area contributed by atoms with Gasteiger partial charge in [-0.1, -0.05) is 0 Å². The average Bonchev–Trinajstić information content (AvgIpc) is 3.29. The van der Waals surface area contributed by atoms with Crippen molar-refractivity contribution in [1.29, 1.82) is 0 Å². The number of amides is 1. The maximum atomic E-state index is 13.3. The summed E-state index contributed by atoms with van der Waals surface area (Å²) in [6.45, 7) is 4.92. The lowest BCUT2D eigenvalue weighted by Gasteiger charge is -2.09. The minimum absolute atomic E-state index is 0.0367. The highest BCUT2D eigenvalue weighted by Crippen LogP contribution is 2.37. The molecular formula is C27H26N4O9S.